The van der Waals surface area contributed by atoms with Crippen molar-refractivity contribution >= 4 is 21.7 Å². The minimum Gasteiger partial charge on any atom is -0.495 e. The third kappa shape index (κ3) is 3.81. The standard InChI is InChI=1S/C16H17NO5S/c1-3-11-4-7-13(8-5-11)17-23(20,21)15-10-12(16(18)19)6-9-14(15)22-2/h4-10,17H,3H2,1-2H3,(H,18,19). The number of hydrogen-bond acceptors (Lipinski definition) is 4. The first-order valence-corrected chi connectivity index (χ1v) is 8.38. The average molecular weight is 335 g/mol. The van der Waals surface area contributed by atoms with Crippen molar-refractivity contribution in [2.24, 2.45) is 0 Å². The Kier molecular flexibility index (Phi) is 4.90. The second-order valence-corrected chi connectivity index (χ2v) is 6.48. The molecule has 23 heavy (non-hydrogen) atoms. The molecule has 0 unspecified atom stereocenters. The fourth-order valence-electron chi connectivity index (χ4n) is 2.04. The molecule has 0 radical (unpaired) electrons. The molecule has 0 amide bonds. The molecule has 0 spiro atoms. The Morgan fingerprint density at radius 3 is 2.35 bits per heavy atom. The summed E-state index contributed by atoms with van der Waals surface area (Å²) in [4.78, 5) is 10.8. The largest absolute Gasteiger partial charge is 0.495 e. The lowest BCUT2D eigenvalue weighted by Gasteiger charge is -2.12. The van der Waals surface area contributed by atoms with E-state index in [0.717, 1.165) is 18.1 Å². The summed E-state index contributed by atoms with van der Waals surface area (Å²) >= 11 is 0. The highest BCUT2D eigenvalue weighted by Crippen LogP contribution is 2.27. The molecular formula is C16H17NO5S. The maximum atomic E-state index is 12.5. The maximum Gasteiger partial charge on any atom is 0.335 e. The first-order chi connectivity index (χ1) is 10.9. The van der Waals surface area contributed by atoms with Gasteiger partial charge in [0.1, 0.15) is 10.6 Å². The maximum absolute atomic E-state index is 12.5. The minimum atomic E-state index is -3.97. The lowest BCUT2D eigenvalue weighted by atomic mass is 10.2. The summed E-state index contributed by atoms with van der Waals surface area (Å²) in [6.45, 7) is 2.00. The highest BCUT2D eigenvalue weighted by atomic mass is 32.2. The van der Waals surface area contributed by atoms with Crippen LogP contribution in [0.5, 0.6) is 5.75 Å². The molecule has 7 heteroatoms. The molecular weight excluding hydrogens is 318 g/mol. The number of carboxylic acids is 1. The van der Waals surface area contributed by atoms with Crippen molar-refractivity contribution in [2.45, 2.75) is 18.2 Å². The van der Waals surface area contributed by atoms with Crippen molar-refractivity contribution < 1.29 is 23.1 Å². The van der Waals surface area contributed by atoms with Gasteiger partial charge < -0.3 is 9.84 Å². The normalized spacial score (nSPS) is 11.0. The molecule has 0 aromatic heterocycles. The number of aryl methyl sites for hydroxylation is 1. The number of nitrogens with one attached hydrogen (secondary N) is 1. The van der Waals surface area contributed by atoms with Gasteiger partial charge in [0.05, 0.1) is 12.7 Å². The second-order valence-electron chi connectivity index (χ2n) is 4.83. The Labute approximate surface area is 134 Å². The van der Waals surface area contributed by atoms with Crippen molar-refractivity contribution in [3.8, 4) is 5.75 Å². The van der Waals surface area contributed by atoms with Crippen molar-refractivity contribution in [2.75, 3.05) is 11.8 Å². The van der Waals surface area contributed by atoms with E-state index in [0.29, 0.717) is 5.69 Å². The van der Waals surface area contributed by atoms with Crippen LogP contribution in [0, 0.1) is 0 Å². The van der Waals surface area contributed by atoms with Crippen LogP contribution in [-0.2, 0) is 16.4 Å². The third-order valence-corrected chi connectivity index (χ3v) is 4.72. The molecule has 0 atom stereocenters. The molecule has 2 aromatic rings. The summed E-state index contributed by atoms with van der Waals surface area (Å²) in [6, 6.07) is 10.6. The number of methoxy groups -OCH3 is 1. The van der Waals surface area contributed by atoms with E-state index in [-0.39, 0.29) is 16.2 Å². The summed E-state index contributed by atoms with van der Waals surface area (Å²) < 4.78 is 32.5. The molecule has 0 fully saturated rings. The van der Waals surface area contributed by atoms with E-state index >= 15 is 0 Å². The SMILES string of the molecule is CCc1ccc(NS(=O)(=O)c2cc(C(=O)O)ccc2OC)cc1. The predicted octanol–water partition coefficient (Wildman–Crippen LogP) is 2.76. The molecule has 0 bridgehead atoms. The molecule has 122 valence electrons. The van der Waals surface area contributed by atoms with Crippen LogP contribution >= 0.6 is 0 Å². The molecule has 0 aliphatic heterocycles. The highest BCUT2D eigenvalue weighted by molar-refractivity contribution is 7.92. The third-order valence-electron chi connectivity index (χ3n) is 3.31. The smallest absolute Gasteiger partial charge is 0.335 e. The van der Waals surface area contributed by atoms with E-state index in [2.05, 4.69) is 4.72 Å². The molecule has 6 nitrogen and oxygen atoms in total. The number of benzene rings is 2. The Morgan fingerprint density at radius 2 is 1.83 bits per heavy atom. The monoisotopic (exact) mass is 335 g/mol. The number of aromatic carboxylic acids is 1. The zero-order valence-corrected chi connectivity index (χ0v) is 13.6. The Hall–Kier alpha value is -2.54. The molecule has 0 heterocycles. The Bertz CT molecular complexity index is 813. The van der Waals surface area contributed by atoms with E-state index in [1.54, 1.807) is 12.1 Å². The van der Waals surface area contributed by atoms with Crippen molar-refractivity contribution in [3.63, 3.8) is 0 Å². The molecule has 0 saturated heterocycles. The van der Waals surface area contributed by atoms with Gasteiger partial charge in [-0.05, 0) is 42.3 Å². The number of ether oxygens (including phenoxy) is 1. The first-order valence-electron chi connectivity index (χ1n) is 6.90. The van der Waals surface area contributed by atoms with Crippen LogP contribution in [0.15, 0.2) is 47.4 Å². The van der Waals surface area contributed by atoms with Gasteiger partial charge in [-0.25, -0.2) is 13.2 Å². The average Bonchev–Trinajstić information content (AvgIpc) is 2.54. The summed E-state index contributed by atoms with van der Waals surface area (Å²) in [5.41, 5.74) is 1.34. The van der Waals surface area contributed by atoms with Gasteiger partial charge >= 0.3 is 5.97 Å². The summed E-state index contributed by atoms with van der Waals surface area (Å²) in [6.07, 6.45) is 0.849. The van der Waals surface area contributed by atoms with Crippen LogP contribution in [0.3, 0.4) is 0 Å². The lowest BCUT2D eigenvalue weighted by molar-refractivity contribution is 0.0696. The lowest BCUT2D eigenvalue weighted by Crippen LogP contribution is -2.15. The van der Waals surface area contributed by atoms with Crippen LogP contribution in [0.25, 0.3) is 0 Å². The zero-order chi connectivity index (χ0) is 17.0. The number of carbonyl (C=O) groups is 1. The topological polar surface area (TPSA) is 92.7 Å². The van der Waals surface area contributed by atoms with Gasteiger partial charge in [-0.3, -0.25) is 4.72 Å². The van der Waals surface area contributed by atoms with Gasteiger partial charge in [0.15, 0.2) is 0 Å². The van der Waals surface area contributed by atoms with Crippen LogP contribution < -0.4 is 9.46 Å². The van der Waals surface area contributed by atoms with Crippen LogP contribution in [-0.4, -0.2) is 26.6 Å². The van der Waals surface area contributed by atoms with Gasteiger partial charge in [0, 0.05) is 5.69 Å². The van der Waals surface area contributed by atoms with E-state index in [1.165, 1.54) is 19.2 Å². The van der Waals surface area contributed by atoms with E-state index in [1.807, 2.05) is 19.1 Å². The van der Waals surface area contributed by atoms with Crippen molar-refractivity contribution in [3.05, 3.63) is 53.6 Å². The fraction of sp³-hybridized carbons (Fsp3) is 0.188. The number of hydrogen-bond donors (Lipinski definition) is 2. The summed E-state index contributed by atoms with van der Waals surface area (Å²) in [5.74, 6) is -1.14. The molecule has 2 aromatic carbocycles. The summed E-state index contributed by atoms with van der Waals surface area (Å²) in [7, 11) is -2.65. The van der Waals surface area contributed by atoms with Crippen molar-refractivity contribution in [1.82, 2.24) is 0 Å². The number of sulfonamides is 1. The first kappa shape index (κ1) is 16.8. The number of rotatable bonds is 6. The second kappa shape index (κ2) is 6.70. The van der Waals surface area contributed by atoms with E-state index in [4.69, 9.17) is 9.84 Å². The zero-order valence-electron chi connectivity index (χ0n) is 12.7. The Morgan fingerprint density at radius 1 is 1.17 bits per heavy atom. The quantitative estimate of drug-likeness (QED) is 0.847. The van der Waals surface area contributed by atoms with Crippen molar-refractivity contribution in [1.29, 1.82) is 0 Å². The fourth-order valence-corrected chi connectivity index (χ4v) is 3.29. The molecule has 2 rings (SSSR count). The van der Waals surface area contributed by atoms with Gasteiger partial charge in [0.2, 0.25) is 0 Å². The van der Waals surface area contributed by atoms with Crippen LogP contribution in [0.4, 0.5) is 5.69 Å². The van der Waals surface area contributed by atoms with E-state index in [9.17, 15) is 13.2 Å². The Balaban J connectivity index is 2.41. The van der Waals surface area contributed by atoms with Gasteiger partial charge in [-0.15, -0.1) is 0 Å². The van der Waals surface area contributed by atoms with Gasteiger partial charge in [0.25, 0.3) is 10.0 Å². The molecule has 0 saturated carbocycles. The van der Waals surface area contributed by atoms with Crippen LogP contribution in [0.2, 0.25) is 0 Å². The molecule has 0 aliphatic rings. The van der Waals surface area contributed by atoms with E-state index < -0.39 is 16.0 Å². The molecule has 0 aliphatic carbocycles. The number of anilines is 1. The van der Waals surface area contributed by atoms with Gasteiger partial charge in [-0.2, -0.15) is 0 Å². The van der Waals surface area contributed by atoms with Crippen LogP contribution in [0.1, 0.15) is 22.8 Å². The predicted molar refractivity (Wildman–Crippen MR) is 86.6 cm³/mol. The summed E-state index contributed by atoms with van der Waals surface area (Å²) in [5, 5.41) is 9.03. The molecule has 2 N–H and O–H groups in total. The highest BCUT2D eigenvalue weighted by Gasteiger charge is 2.21. The number of carboxylic acid groups (broad SMARTS) is 1. The van der Waals surface area contributed by atoms with Gasteiger partial charge in [-0.1, -0.05) is 19.1 Å². The minimum absolute atomic E-state index is 0.0766.